The van der Waals surface area contributed by atoms with Crippen molar-refractivity contribution in [2.24, 2.45) is 0 Å². The number of hydrogen-bond acceptors (Lipinski definition) is 2. The second kappa shape index (κ2) is 4.62. The summed E-state index contributed by atoms with van der Waals surface area (Å²) < 4.78 is 0. The molecule has 1 rings (SSSR count). The van der Waals surface area contributed by atoms with Gasteiger partial charge in [0.1, 0.15) is 0 Å². The highest BCUT2D eigenvalue weighted by Crippen LogP contribution is 2.24. The smallest absolute Gasteiger partial charge is 0.0458 e. The van der Waals surface area contributed by atoms with Crippen molar-refractivity contribution < 1.29 is 0 Å². The zero-order valence-corrected chi connectivity index (χ0v) is 8.52. The Morgan fingerprint density at radius 3 is 2.27 bits per heavy atom. The van der Waals surface area contributed by atoms with Crippen LogP contribution in [0.5, 0.6) is 0 Å². The van der Waals surface area contributed by atoms with Crippen LogP contribution in [0.1, 0.15) is 23.6 Å². The number of anilines is 1. The molecule has 0 aliphatic heterocycles. The van der Waals surface area contributed by atoms with Gasteiger partial charge in [-0.15, -0.1) is 23.7 Å². The number of thiophene rings is 1. The summed E-state index contributed by atoms with van der Waals surface area (Å²) >= 11 is 1.83. The highest BCUT2D eigenvalue weighted by Gasteiger charge is 2.01. The van der Waals surface area contributed by atoms with Gasteiger partial charge < -0.3 is 5.73 Å². The summed E-state index contributed by atoms with van der Waals surface area (Å²) in [6.07, 6.45) is 2.17. The molecule has 1 aromatic rings. The lowest BCUT2D eigenvalue weighted by Crippen LogP contribution is -1.84. The Labute approximate surface area is 78.0 Å². The summed E-state index contributed by atoms with van der Waals surface area (Å²) in [6, 6.07) is 2.09. The molecule has 0 bridgehead atoms. The van der Waals surface area contributed by atoms with Crippen LogP contribution >= 0.6 is 23.7 Å². The molecule has 2 N–H and O–H groups in total. The number of halogens is 1. The summed E-state index contributed by atoms with van der Waals surface area (Å²) in [6.45, 7) is 4.30. The van der Waals surface area contributed by atoms with E-state index in [0.29, 0.717) is 0 Å². The number of rotatable bonds is 2. The van der Waals surface area contributed by atoms with Crippen molar-refractivity contribution in [3.05, 3.63) is 15.8 Å². The van der Waals surface area contributed by atoms with Gasteiger partial charge in [-0.3, -0.25) is 0 Å². The largest absolute Gasteiger partial charge is 0.398 e. The van der Waals surface area contributed by atoms with Crippen LogP contribution in [-0.4, -0.2) is 0 Å². The molecule has 11 heavy (non-hydrogen) atoms. The molecular weight excluding hydrogens is 178 g/mol. The first-order valence-corrected chi connectivity index (χ1v) is 4.46. The second-order valence-electron chi connectivity index (χ2n) is 2.30. The van der Waals surface area contributed by atoms with E-state index in [0.717, 1.165) is 18.5 Å². The number of nitrogen functional groups attached to an aromatic ring is 1. The fourth-order valence-corrected chi connectivity index (χ4v) is 1.92. The van der Waals surface area contributed by atoms with E-state index in [4.69, 9.17) is 5.73 Å². The monoisotopic (exact) mass is 191 g/mol. The van der Waals surface area contributed by atoms with Gasteiger partial charge in [-0.2, -0.15) is 0 Å². The first kappa shape index (κ1) is 10.8. The minimum atomic E-state index is 0. The average molecular weight is 192 g/mol. The maximum Gasteiger partial charge on any atom is 0.0458 e. The van der Waals surface area contributed by atoms with E-state index >= 15 is 0 Å². The predicted octanol–water partition coefficient (Wildman–Crippen LogP) is 2.88. The van der Waals surface area contributed by atoms with Crippen LogP contribution in [0, 0.1) is 0 Å². The fourth-order valence-electron chi connectivity index (χ4n) is 0.951. The Morgan fingerprint density at radius 1 is 1.36 bits per heavy atom. The van der Waals surface area contributed by atoms with Crippen molar-refractivity contribution in [1.82, 2.24) is 0 Å². The van der Waals surface area contributed by atoms with Gasteiger partial charge in [0.2, 0.25) is 0 Å². The highest BCUT2D eigenvalue weighted by molar-refractivity contribution is 7.12. The van der Waals surface area contributed by atoms with Crippen LogP contribution in [-0.2, 0) is 12.8 Å². The topological polar surface area (TPSA) is 26.0 Å². The lowest BCUT2D eigenvalue weighted by molar-refractivity contribution is 1.19. The Kier molecular flexibility index (Phi) is 4.54. The third kappa shape index (κ3) is 2.38. The van der Waals surface area contributed by atoms with Crippen molar-refractivity contribution in [2.45, 2.75) is 26.7 Å². The van der Waals surface area contributed by atoms with E-state index < -0.39 is 0 Å². The Morgan fingerprint density at radius 2 is 2.00 bits per heavy atom. The van der Waals surface area contributed by atoms with Gasteiger partial charge in [0.15, 0.2) is 0 Å². The molecular formula is C8H14ClNS. The first-order valence-electron chi connectivity index (χ1n) is 3.65. The molecule has 0 saturated heterocycles. The quantitative estimate of drug-likeness (QED) is 0.765. The standard InChI is InChI=1S/C8H13NS.ClH/c1-3-6-5-7(9)8(4-2)10-6;/h5H,3-4,9H2,1-2H3;1H. The van der Waals surface area contributed by atoms with Crippen LogP contribution in [0.25, 0.3) is 0 Å². The van der Waals surface area contributed by atoms with Gasteiger partial charge >= 0.3 is 0 Å². The van der Waals surface area contributed by atoms with Gasteiger partial charge in [0.05, 0.1) is 0 Å². The number of nitrogens with two attached hydrogens (primary N) is 1. The van der Waals surface area contributed by atoms with Gasteiger partial charge in [-0.05, 0) is 18.9 Å². The third-order valence-electron chi connectivity index (χ3n) is 1.56. The molecule has 0 aliphatic carbocycles. The highest BCUT2D eigenvalue weighted by atomic mass is 35.5. The van der Waals surface area contributed by atoms with Crippen molar-refractivity contribution in [1.29, 1.82) is 0 Å². The maximum atomic E-state index is 5.74. The number of hydrogen-bond donors (Lipinski definition) is 1. The Bertz CT molecular complexity index is 220. The molecule has 0 radical (unpaired) electrons. The molecule has 0 aromatic carbocycles. The number of aryl methyl sites for hydroxylation is 2. The van der Waals surface area contributed by atoms with E-state index in [-0.39, 0.29) is 12.4 Å². The maximum absolute atomic E-state index is 5.74. The van der Waals surface area contributed by atoms with Gasteiger partial charge in [-0.1, -0.05) is 13.8 Å². The molecule has 0 fully saturated rings. The van der Waals surface area contributed by atoms with Gasteiger partial charge in [0, 0.05) is 15.4 Å². The average Bonchev–Trinajstić information content (AvgIpc) is 2.30. The minimum Gasteiger partial charge on any atom is -0.398 e. The lowest BCUT2D eigenvalue weighted by Gasteiger charge is -1.88. The summed E-state index contributed by atoms with van der Waals surface area (Å²) in [4.78, 5) is 2.73. The van der Waals surface area contributed by atoms with Crippen LogP contribution in [0.4, 0.5) is 5.69 Å². The van der Waals surface area contributed by atoms with Crippen molar-refractivity contribution >= 4 is 29.4 Å². The molecule has 0 spiro atoms. The molecule has 64 valence electrons. The van der Waals surface area contributed by atoms with Crippen LogP contribution in [0.2, 0.25) is 0 Å². The zero-order chi connectivity index (χ0) is 7.56. The summed E-state index contributed by atoms with van der Waals surface area (Å²) in [5.74, 6) is 0. The molecule has 3 heteroatoms. The van der Waals surface area contributed by atoms with Crippen LogP contribution < -0.4 is 5.73 Å². The van der Waals surface area contributed by atoms with Gasteiger partial charge in [0.25, 0.3) is 0 Å². The van der Waals surface area contributed by atoms with E-state index in [1.54, 1.807) is 0 Å². The Hall–Kier alpha value is -0.210. The van der Waals surface area contributed by atoms with E-state index in [1.165, 1.54) is 9.75 Å². The van der Waals surface area contributed by atoms with E-state index in [1.807, 2.05) is 11.3 Å². The molecule has 0 saturated carbocycles. The molecule has 0 unspecified atom stereocenters. The molecule has 1 heterocycles. The zero-order valence-electron chi connectivity index (χ0n) is 6.89. The molecule has 0 aliphatic rings. The fraction of sp³-hybridized carbons (Fsp3) is 0.500. The van der Waals surface area contributed by atoms with Gasteiger partial charge in [-0.25, -0.2) is 0 Å². The minimum absolute atomic E-state index is 0. The molecule has 0 atom stereocenters. The van der Waals surface area contributed by atoms with Crippen LogP contribution in [0.3, 0.4) is 0 Å². The molecule has 1 nitrogen and oxygen atoms in total. The Balaban J connectivity index is 0.000001000. The van der Waals surface area contributed by atoms with Crippen molar-refractivity contribution in [3.8, 4) is 0 Å². The van der Waals surface area contributed by atoms with Crippen molar-refractivity contribution in [3.63, 3.8) is 0 Å². The lowest BCUT2D eigenvalue weighted by atomic mass is 10.3. The summed E-state index contributed by atoms with van der Waals surface area (Å²) in [5, 5.41) is 0. The second-order valence-corrected chi connectivity index (χ2v) is 3.52. The molecule has 0 amide bonds. The SMILES string of the molecule is CCc1cc(N)c(CC)s1.Cl. The third-order valence-corrected chi connectivity index (χ3v) is 3.00. The van der Waals surface area contributed by atoms with Crippen LogP contribution in [0.15, 0.2) is 6.07 Å². The predicted molar refractivity (Wildman–Crippen MR) is 54.7 cm³/mol. The van der Waals surface area contributed by atoms with E-state index in [9.17, 15) is 0 Å². The first-order chi connectivity index (χ1) is 4.77. The normalized spacial score (nSPS) is 9.27. The summed E-state index contributed by atoms with van der Waals surface area (Å²) in [5.41, 5.74) is 6.71. The van der Waals surface area contributed by atoms with E-state index in [2.05, 4.69) is 19.9 Å². The summed E-state index contributed by atoms with van der Waals surface area (Å²) in [7, 11) is 0. The molecule has 1 aromatic heterocycles. The van der Waals surface area contributed by atoms with Crippen molar-refractivity contribution in [2.75, 3.05) is 5.73 Å².